The largest absolute Gasteiger partial charge is 0.569 e. The number of hydrogen-bond donors (Lipinski definition) is 1. The molecule has 0 fully saturated rings. The van der Waals surface area contributed by atoms with Crippen molar-refractivity contribution in [2.45, 2.75) is 14.9 Å². The Bertz CT molecular complexity index is 3730. The summed E-state index contributed by atoms with van der Waals surface area (Å²) < 4.78 is 80.0. The zero-order valence-corrected chi connectivity index (χ0v) is 47.2. The number of halogens is 6. The molecule has 0 aliphatic heterocycles. The van der Waals surface area contributed by atoms with E-state index in [9.17, 15) is 8.78 Å². The molecule has 0 aliphatic carbocycles. The van der Waals surface area contributed by atoms with Crippen molar-refractivity contribution >= 4 is 39.5 Å². The Hall–Kier alpha value is -8.68. The standard InChI is InChI=1S/C44H32F2O2.C19H16BO3.C6H2Br2F2.2CH4/c1-47-43-35(33-19-9-17-31(25-33)29-13-5-3-6-14-29)21-11-23-37(43)39-27-42(46)40(28-41(39)45)38-24-12-22-36(44(38)48-2)34-20-10-18-32(26-34)30-15-7-4-8-16-30;1-22-19-17(11-6-12-18(19)23-20-21)16-10-5-9-15(13-16)14-7-3-2-4-8-14;7-3-1-5(9)4(8)2-6(3)10;;/h3-28H,1-2H3;2-13,21H,1H3;1-2H;2*1H4. The fraction of sp³-hybridized carbons (Fsp3) is 0.0704. The third-order valence-corrected chi connectivity index (χ3v) is 14.5. The zero-order valence-electron chi connectivity index (χ0n) is 44.0. The molecule has 5 nitrogen and oxygen atoms in total. The summed E-state index contributed by atoms with van der Waals surface area (Å²) >= 11 is 5.69. The van der Waals surface area contributed by atoms with Crippen LogP contribution in [-0.2, 0) is 0 Å². The fourth-order valence-corrected chi connectivity index (χ4v) is 10.1. The van der Waals surface area contributed by atoms with Crippen LogP contribution in [0.15, 0.2) is 252 Å². The van der Waals surface area contributed by atoms with Gasteiger partial charge in [-0.15, -0.1) is 0 Å². The quantitative estimate of drug-likeness (QED) is 0.0708. The van der Waals surface area contributed by atoms with E-state index >= 15 is 8.78 Å². The van der Waals surface area contributed by atoms with Crippen molar-refractivity contribution in [1.29, 1.82) is 0 Å². The predicted octanol–water partition coefficient (Wildman–Crippen LogP) is 20.7. The summed E-state index contributed by atoms with van der Waals surface area (Å²) in [4.78, 5) is 0. The third-order valence-electron chi connectivity index (χ3n) is 13.2. The van der Waals surface area contributed by atoms with Crippen molar-refractivity contribution in [3.05, 3.63) is 275 Å². The molecule has 0 amide bonds. The maximum absolute atomic E-state index is 16.2. The summed E-state index contributed by atoms with van der Waals surface area (Å²) in [6, 6.07) is 76.1. The summed E-state index contributed by atoms with van der Waals surface area (Å²) in [5.41, 5.74) is 13.0. The van der Waals surface area contributed by atoms with Crippen LogP contribution < -0.4 is 18.9 Å². The molecule has 11 rings (SSSR count). The Labute approximate surface area is 501 Å². The van der Waals surface area contributed by atoms with Crippen LogP contribution in [-0.4, -0.2) is 34.0 Å². The van der Waals surface area contributed by atoms with Crippen LogP contribution in [0.2, 0.25) is 0 Å². The molecule has 12 heteroatoms. The highest BCUT2D eigenvalue weighted by Gasteiger charge is 2.22. The molecule has 83 heavy (non-hydrogen) atoms. The summed E-state index contributed by atoms with van der Waals surface area (Å²) in [6.07, 6.45) is 0. The van der Waals surface area contributed by atoms with Crippen molar-refractivity contribution in [2.75, 3.05) is 21.3 Å². The normalized spacial score (nSPS) is 10.3. The topological polar surface area (TPSA) is 57.2 Å². The van der Waals surface area contributed by atoms with Gasteiger partial charge in [0, 0.05) is 38.9 Å². The van der Waals surface area contributed by atoms with Gasteiger partial charge in [-0.2, -0.15) is 0 Å². The minimum Gasteiger partial charge on any atom is -0.535 e. The first-order chi connectivity index (χ1) is 39.5. The number of hydrogen-bond acceptors (Lipinski definition) is 5. The lowest BCUT2D eigenvalue weighted by molar-refractivity contribution is 0.383. The van der Waals surface area contributed by atoms with Crippen molar-refractivity contribution in [3.8, 4) is 112 Å². The fourth-order valence-electron chi connectivity index (χ4n) is 9.44. The summed E-state index contributed by atoms with van der Waals surface area (Å²) in [7, 11) is 5.34. The second-order valence-electron chi connectivity index (χ2n) is 18.2. The van der Waals surface area contributed by atoms with Gasteiger partial charge >= 0.3 is 7.69 Å². The highest BCUT2D eigenvalue weighted by molar-refractivity contribution is 9.11. The molecule has 0 spiro atoms. The molecule has 1 N–H and O–H groups in total. The molecule has 417 valence electrons. The Morgan fingerprint density at radius 2 is 0.590 bits per heavy atom. The lowest BCUT2D eigenvalue weighted by atomic mass is 9.92. The monoisotopic (exact) mass is 1240 g/mol. The molecule has 0 heterocycles. The van der Waals surface area contributed by atoms with E-state index in [0.29, 0.717) is 41.8 Å². The lowest BCUT2D eigenvalue weighted by Gasteiger charge is -2.18. The van der Waals surface area contributed by atoms with Gasteiger partial charge in [0.15, 0.2) is 5.75 Å². The van der Waals surface area contributed by atoms with Crippen LogP contribution in [0.5, 0.6) is 23.0 Å². The van der Waals surface area contributed by atoms with Gasteiger partial charge in [0.05, 0.1) is 30.3 Å². The van der Waals surface area contributed by atoms with Gasteiger partial charge in [0.2, 0.25) is 0 Å². The number of benzene rings is 11. The third kappa shape index (κ3) is 14.5. The van der Waals surface area contributed by atoms with Gasteiger partial charge in [-0.05, 0) is 130 Å². The molecule has 0 saturated carbocycles. The first kappa shape index (κ1) is 61.9. The van der Waals surface area contributed by atoms with E-state index in [0.717, 1.165) is 78.9 Å². The number of methoxy groups -OCH3 is 3. The van der Waals surface area contributed by atoms with Crippen molar-refractivity contribution < 1.29 is 41.5 Å². The maximum atomic E-state index is 16.2. The van der Waals surface area contributed by atoms with Crippen LogP contribution in [0.25, 0.3) is 89.0 Å². The minimum atomic E-state index is -0.571. The number of ether oxygens (including phenoxy) is 3. The Morgan fingerprint density at radius 1 is 0.301 bits per heavy atom. The smallest absolute Gasteiger partial charge is 0.535 e. The summed E-state index contributed by atoms with van der Waals surface area (Å²) in [6.45, 7) is 0. The zero-order chi connectivity index (χ0) is 56.8. The van der Waals surface area contributed by atoms with Gasteiger partial charge in [0.1, 0.15) is 40.5 Å². The van der Waals surface area contributed by atoms with Crippen LogP contribution in [0.1, 0.15) is 14.9 Å². The van der Waals surface area contributed by atoms with E-state index in [1.54, 1.807) is 39.5 Å². The van der Waals surface area contributed by atoms with Gasteiger partial charge < -0.3 is 23.9 Å². The van der Waals surface area contributed by atoms with E-state index < -0.39 is 23.3 Å². The highest BCUT2D eigenvalue weighted by atomic mass is 79.9. The molecule has 0 saturated heterocycles. The predicted molar refractivity (Wildman–Crippen MR) is 340 cm³/mol. The molecule has 0 aromatic heterocycles. The number of rotatable bonds is 13. The Morgan fingerprint density at radius 3 is 0.928 bits per heavy atom. The first-order valence-electron chi connectivity index (χ1n) is 25.4. The van der Waals surface area contributed by atoms with Crippen molar-refractivity contribution in [3.63, 3.8) is 0 Å². The van der Waals surface area contributed by atoms with Gasteiger partial charge in [0.25, 0.3) is 0 Å². The minimum absolute atomic E-state index is 0. The molecular formula is C71H58BBr2F4O5. The molecule has 11 aromatic rings. The van der Waals surface area contributed by atoms with Crippen molar-refractivity contribution in [2.24, 2.45) is 0 Å². The second kappa shape index (κ2) is 29.3. The second-order valence-corrected chi connectivity index (χ2v) is 19.9. The Balaban J connectivity index is 0.000000233. The molecule has 0 atom stereocenters. The van der Waals surface area contributed by atoms with E-state index in [-0.39, 0.29) is 34.9 Å². The average molecular weight is 1240 g/mol. The Kier molecular flexibility index (Phi) is 21.9. The van der Waals surface area contributed by atoms with Crippen molar-refractivity contribution in [1.82, 2.24) is 0 Å². The van der Waals surface area contributed by atoms with Gasteiger partial charge in [-0.25, -0.2) is 17.6 Å². The SMILES string of the molecule is C.C.COc1c(-c2cccc(-c3ccccc3)c2)cccc1-c1cc(F)c(-c2cccc(-c3cccc(-c4ccccc4)c3)c2OC)cc1F.COc1c(O[B]O)cccc1-c1cccc(-c2ccccc2)c1.Fc1cc(Br)c(F)cc1Br. The molecule has 0 unspecified atom stereocenters. The van der Waals surface area contributed by atoms with Crippen LogP contribution in [0.4, 0.5) is 17.6 Å². The van der Waals surface area contributed by atoms with Crippen LogP contribution in [0, 0.1) is 23.3 Å². The molecule has 0 aliphatic rings. The van der Waals surface area contributed by atoms with E-state index in [1.807, 2.05) is 140 Å². The van der Waals surface area contributed by atoms with Gasteiger partial charge in [-0.1, -0.05) is 209 Å². The summed E-state index contributed by atoms with van der Waals surface area (Å²) in [5.74, 6) is -0.114. The highest BCUT2D eigenvalue weighted by Crippen LogP contribution is 2.45. The van der Waals surface area contributed by atoms with Gasteiger partial charge in [-0.3, -0.25) is 0 Å². The lowest BCUT2D eigenvalue weighted by Crippen LogP contribution is -2.02. The molecule has 0 bridgehead atoms. The molecule has 1 radical (unpaired) electrons. The van der Waals surface area contributed by atoms with Crippen LogP contribution >= 0.6 is 31.9 Å². The summed E-state index contributed by atoms with van der Waals surface area (Å²) in [5, 5.41) is 8.89. The van der Waals surface area contributed by atoms with Crippen LogP contribution in [0.3, 0.4) is 0 Å². The van der Waals surface area contributed by atoms with E-state index in [4.69, 9.17) is 23.9 Å². The van der Waals surface area contributed by atoms with E-state index in [1.165, 1.54) is 12.1 Å². The maximum Gasteiger partial charge on any atom is 0.569 e. The van der Waals surface area contributed by atoms with E-state index in [2.05, 4.69) is 92.5 Å². The first-order valence-corrected chi connectivity index (χ1v) is 27.0. The number of para-hydroxylation sites is 3. The average Bonchev–Trinajstić information content (AvgIpc) is 3.65. The molecule has 11 aromatic carbocycles. The molecular weight excluding hydrogens is 1180 g/mol.